The maximum Gasteiger partial charge on any atom is 0.0972 e. The van der Waals surface area contributed by atoms with Gasteiger partial charge in [-0.1, -0.05) is 91.0 Å². The van der Waals surface area contributed by atoms with E-state index in [1.807, 2.05) is 24.5 Å². The number of aromatic nitrogens is 3. The van der Waals surface area contributed by atoms with Crippen LogP contribution in [0.3, 0.4) is 0 Å². The van der Waals surface area contributed by atoms with E-state index in [2.05, 4.69) is 125 Å². The highest BCUT2D eigenvalue weighted by Crippen LogP contribution is 2.33. The molecule has 0 aliphatic rings. The van der Waals surface area contributed by atoms with E-state index < -0.39 is 0 Å². The minimum atomic E-state index is 0.932. The number of hydrogen-bond acceptors (Lipinski definition) is 3. The molecule has 0 aliphatic carbocycles. The fourth-order valence-corrected chi connectivity index (χ4v) is 5.66. The van der Waals surface area contributed by atoms with E-state index in [1.165, 1.54) is 27.5 Å². The minimum absolute atomic E-state index is 0.932. The van der Waals surface area contributed by atoms with Gasteiger partial charge in [0.1, 0.15) is 0 Å². The van der Waals surface area contributed by atoms with E-state index >= 15 is 0 Å². The number of hydrogen-bond donors (Lipinski definition) is 0. The van der Waals surface area contributed by atoms with Crippen molar-refractivity contribution >= 4 is 43.5 Å². The monoisotopic (exact) mass is 509 g/mol. The summed E-state index contributed by atoms with van der Waals surface area (Å²) in [5.74, 6) is 0. The predicted molar refractivity (Wildman–Crippen MR) is 166 cm³/mol. The standard InChI is InChI=1S/C37H23N3/c1-5-28(21-29(6-1)31-16-12-24-11-13-25-9-3-19-38-35(25)33(24)23-31)30-7-2-8-32(22-30)34-18-17-27-15-14-26-10-4-20-39-36(26)37(27)40-34/h1-23H. The molecule has 5 aromatic carbocycles. The Morgan fingerprint density at radius 1 is 0.350 bits per heavy atom. The van der Waals surface area contributed by atoms with E-state index in [0.717, 1.165) is 49.5 Å². The molecule has 0 spiro atoms. The van der Waals surface area contributed by atoms with Gasteiger partial charge in [-0.05, 0) is 64.0 Å². The lowest BCUT2D eigenvalue weighted by Crippen LogP contribution is -1.89. The molecule has 8 aromatic rings. The van der Waals surface area contributed by atoms with Gasteiger partial charge in [0, 0.05) is 39.5 Å². The van der Waals surface area contributed by atoms with Gasteiger partial charge >= 0.3 is 0 Å². The van der Waals surface area contributed by atoms with Gasteiger partial charge in [-0.2, -0.15) is 0 Å². The summed E-state index contributed by atoms with van der Waals surface area (Å²) < 4.78 is 0. The minimum Gasteiger partial charge on any atom is -0.256 e. The Morgan fingerprint density at radius 2 is 0.875 bits per heavy atom. The molecule has 186 valence electrons. The largest absolute Gasteiger partial charge is 0.256 e. The highest BCUT2D eigenvalue weighted by molar-refractivity contribution is 6.06. The van der Waals surface area contributed by atoms with Gasteiger partial charge in [-0.15, -0.1) is 0 Å². The molecule has 0 bridgehead atoms. The zero-order chi connectivity index (χ0) is 26.5. The van der Waals surface area contributed by atoms with Gasteiger partial charge in [0.15, 0.2) is 0 Å². The highest BCUT2D eigenvalue weighted by atomic mass is 14.7. The summed E-state index contributed by atoms with van der Waals surface area (Å²) in [5.41, 5.74) is 9.62. The Kier molecular flexibility index (Phi) is 5.14. The second-order valence-corrected chi connectivity index (χ2v) is 10.1. The average Bonchev–Trinajstić information content (AvgIpc) is 3.04. The van der Waals surface area contributed by atoms with Crippen LogP contribution in [0.25, 0.3) is 77.0 Å². The van der Waals surface area contributed by atoms with Crippen molar-refractivity contribution in [2.45, 2.75) is 0 Å². The zero-order valence-corrected chi connectivity index (χ0v) is 21.6. The number of fused-ring (bicyclic) bond motifs is 6. The first kappa shape index (κ1) is 22.6. The van der Waals surface area contributed by atoms with Gasteiger partial charge in [-0.25, -0.2) is 4.98 Å². The predicted octanol–water partition coefficient (Wildman–Crippen LogP) is 9.49. The van der Waals surface area contributed by atoms with Crippen molar-refractivity contribution in [2.75, 3.05) is 0 Å². The molecule has 3 heterocycles. The van der Waals surface area contributed by atoms with Crippen LogP contribution in [-0.2, 0) is 0 Å². The topological polar surface area (TPSA) is 38.7 Å². The Balaban J connectivity index is 1.20. The van der Waals surface area contributed by atoms with E-state index in [1.54, 1.807) is 0 Å². The molecule has 0 N–H and O–H groups in total. The van der Waals surface area contributed by atoms with E-state index in [9.17, 15) is 0 Å². The molecule has 0 aliphatic heterocycles. The van der Waals surface area contributed by atoms with Crippen LogP contribution in [0, 0.1) is 0 Å². The maximum absolute atomic E-state index is 5.06. The zero-order valence-electron chi connectivity index (χ0n) is 21.6. The molecular weight excluding hydrogens is 486 g/mol. The van der Waals surface area contributed by atoms with Crippen molar-refractivity contribution in [3.63, 3.8) is 0 Å². The van der Waals surface area contributed by atoms with Crippen LogP contribution in [0.1, 0.15) is 0 Å². The van der Waals surface area contributed by atoms with Crippen LogP contribution in [0.4, 0.5) is 0 Å². The Bertz CT molecular complexity index is 2070. The van der Waals surface area contributed by atoms with Crippen LogP contribution in [-0.4, -0.2) is 15.0 Å². The first-order valence-corrected chi connectivity index (χ1v) is 13.4. The summed E-state index contributed by atoms with van der Waals surface area (Å²) in [7, 11) is 0. The normalized spacial score (nSPS) is 11.5. The van der Waals surface area contributed by atoms with Gasteiger partial charge in [0.25, 0.3) is 0 Å². The second-order valence-electron chi connectivity index (χ2n) is 10.1. The lowest BCUT2D eigenvalue weighted by molar-refractivity contribution is 1.37. The number of rotatable bonds is 3. The van der Waals surface area contributed by atoms with Crippen molar-refractivity contribution in [1.82, 2.24) is 15.0 Å². The Morgan fingerprint density at radius 3 is 1.62 bits per heavy atom. The van der Waals surface area contributed by atoms with Crippen molar-refractivity contribution in [1.29, 1.82) is 0 Å². The molecule has 0 amide bonds. The SMILES string of the molecule is c1cc(-c2cccc(-c3ccc4ccc5cccnc5c4n3)c2)cc(-c2ccc3ccc4cccnc4c3c2)c1. The fraction of sp³-hybridized carbons (Fsp3) is 0. The fourth-order valence-electron chi connectivity index (χ4n) is 5.66. The second kappa shape index (κ2) is 9.11. The summed E-state index contributed by atoms with van der Waals surface area (Å²) >= 11 is 0. The van der Waals surface area contributed by atoms with E-state index in [-0.39, 0.29) is 0 Å². The molecule has 0 radical (unpaired) electrons. The third-order valence-electron chi connectivity index (χ3n) is 7.71. The summed E-state index contributed by atoms with van der Waals surface area (Å²) in [4.78, 5) is 14.3. The number of nitrogens with zero attached hydrogens (tertiary/aromatic N) is 3. The molecule has 3 nitrogen and oxygen atoms in total. The molecule has 3 heteroatoms. The molecule has 0 saturated carbocycles. The van der Waals surface area contributed by atoms with E-state index in [4.69, 9.17) is 4.98 Å². The quantitative estimate of drug-likeness (QED) is 0.223. The van der Waals surface area contributed by atoms with Gasteiger partial charge in [0.2, 0.25) is 0 Å². The van der Waals surface area contributed by atoms with Gasteiger partial charge in [0.05, 0.1) is 22.2 Å². The van der Waals surface area contributed by atoms with Gasteiger partial charge in [-0.3, -0.25) is 9.97 Å². The first-order valence-electron chi connectivity index (χ1n) is 13.4. The van der Waals surface area contributed by atoms with Crippen molar-refractivity contribution in [2.24, 2.45) is 0 Å². The van der Waals surface area contributed by atoms with Crippen molar-refractivity contribution in [3.8, 4) is 33.5 Å². The highest BCUT2D eigenvalue weighted by Gasteiger charge is 2.09. The third-order valence-corrected chi connectivity index (χ3v) is 7.71. The number of pyridine rings is 3. The van der Waals surface area contributed by atoms with Crippen LogP contribution in [0.5, 0.6) is 0 Å². The Hall–Kier alpha value is -5.41. The summed E-state index contributed by atoms with van der Waals surface area (Å²) in [6.07, 6.45) is 3.70. The van der Waals surface area contributed by atoms with E-state index in [0.29, 0.717) is 0 Å². The van der Waals surface area contributed by atoms with Crippen molar-refractivity contribution in [3.05, 3.63) is 140 Å². The van der Waals surface area contributed by atoms with Crippen molar-refractivity contribution < 1.29 is 0 Å². The average molecular weight is 510 g/mol. The lowest BCUT2D eigenvalue weighted by atomic mass is 9.95. The molecule has 8 rings (SSSR count). The molecule has 3 aromatic heterocycles. The molecular formula is C37H23N3. The van der Waals surface area contributed by atoms with Crippen LogP contribution < -0.4 is 0 Å². The smallest absolute Gasteiger partial charge is 0.0972 e. The van der Waals surface area contributed by atoms with Gasteiger partial charge < -0.3 is 0 Å². The summed E-state index contributed by atoms with van der Waals surface area (Å²) in [6, 6.07) is 44.9. The van der Waals surface area contributed by atoms with Crippen LogP contribution >= 0.6 is 0 Å². The summed E-state index contributed by atoms with van der Waals surface area (Å²) in [6.45, 7) is 0. The molecule has 0 unspecified atom stereocenters. The molecule has 0 fully saturated rings. The molecule has 40 heavy (non-hydrogen) atoms. The Labute approximate surface area is 231 Å². The third kappa shape index (κ3) is 3.79. The van der Waals surface area contributed by atoms with Crippen LogP contribution in [0.15, 0.2) is 140 Å². The maximum atomic E-state index is 5.06. The summed E-state index contributed by atoms with van der Waals surface area (Å²) in [5, 5.41) is 5.72. The van der Waals surface area contributed by atoms with Crippen LogP contribution in [0.2, 0.25) is 0 Å². The molecule has 0 atom stereocenters. The lowest BCUT2D eigenvalue weighted by Gasteiger charge is -2.10. The first-order chi connectivity index (χ1) is 19.8. The number of benzene rings is 5. The molecule has 0 saturated heterocycles.